The Kier molecular flexibility index (Phi) is 8.59. The number of halogens is 1. The Bertz CT molecular complexity index is 1550. The summed E-state index contributed by atoms with van der Waals surface area (Å²) in [5.41, 5.74) is 4.52. The Morgan fingerprint density at radius 3 is 2.39 bits per heavy atom. The van der Waals surface area contributed by atoms with Gasteiger partial charge in [-0.1, -0.05) is 72.3 Å². The lowest BCUT2D eigenvalue weighted by molar-refractivity contribution is 0.0950. The maximum atomic E-state index is 14.7. The zero-order valence-electron chi connectivity index (χ0n) is 21.4. The fourth-order valence-corrected chi connectivity index (χ4v) is 5.79. The van der Waals surface area contributed by atoms with Crippen molar-refractivity contribution in [1.82, 2.24) is 5.32 Å². The number of methoxy groups -OCH3 is 1. The largest absolute Gasteiger partial charge is 0.496 e. The van der Waals surface area contributed by atoms with Crippen LogP contribution >= 0.6 is 0 Å². The van der Waals surface area contributed by atoms with Gasteiger partial charge in [-0.25, -0.2) is 12.8 Å². The van der Waals surface area contributed by atoms with Crippen LogP contribution in [-0.4, -0.2) is 28.0 Å². The van der Waals surface area contributed by atoms with Gasteiger partial charge in [-0.05, 0) is 66.3 Å². The summed E-state index contributed by atoms with van der Waals surface area (Å²) in [7, 11) is -2.40. The van der Waals surface area contributed by atoms with Crippen molar-refractivity contribution in [2.24, 2.45) is 0 Å². The maximum absolute atomic E-state index is 14.7. The fourth-order valence-electron chi connectivity index (χ4n) is 4.34. The number of carbonyl (C=O) groups is 1. The SMILES string of the molecule is COc1ccccc1C(=O)NCCCc1cccc(CS(=O)(=O)c2cc(-c3cccc(C)c3)ccc2F)c1. The van der Waals surface area contributed by atoms with Crippen molar-refractivity contribution in [3.05, 3.63) is 119 Å². The highest BCUT2D eigenvalue weighted by Crippen LogP contribution is 2.27. The lowest BCUT2D eigenvalue weighted by Gasteiger charge is -2.11. The summed E-state index contributed by atoms with van der Waals surface area (Å²) in [6.07, 6.45) is 1.32. The smallest absolute Gasteiger partial charge is 0.255 e. The van der Waals surface area contributed by atoms with Crippen LogP contribution in [0.15, 0.2) is 95.9 Å². The third-order valence-corrected chi connectivity index (χ3v) is 7.94. The van der Waals surface area contributed by atoms with Crippen LogP contribution in [-0.2, 0) is 22.0 Å². The first-order valence-corrected chi connectivity index (χ1v) is 14.0. The molecule has 4 rings (SSSR count). The first kappa shape index (κ1) is 27.1. The van der Waals surface area contributed by atoms with E-state index in [9.17, 15) is 17.6 Å². The molecule has 38 heavy (non-hydrogen) atoms. The van der Waals surface area contributed by atoms with Crippen molar-refractivity contribution in [1.29, 1.82) is 0 Å². The molecule has 0 spiro atoms. The van der Waals surface area contributed by atoms with Gasteiger partial charge in [0.25, 0.3) is 5.91 Å². The number of rotatable bonds is 10. The second-order valence-corrected chi connectivity index (χ2v) is 11.1. The molecule has 1 amide bonds. The second-order valence-electron chi connectivity index (χ2n) is 9.15. The van der Waals surface area contributed by atoms with E-state index in [1.807, 2.05) is 43.3 Å². The van der Waals surface area contributed by atoms with Crippen molar-refractivity contribution in [3.8, 4) is 16.9 Å². The van der Waals surface area contributed by atoms with E-state index in [-0.39, 0.29) is 16.6 Å². The first-order valence-electron chi connectivity index (χ1n) is 12.4. The number of nitrogens with one attached hydrogen (secondary N) is 1. The summed E-state index contributed by atoms with van der Waals surface area (Å²) < 4.78 is 46.3. The average molecular weight is 532 g/mol. The van der Waals surface area contributed by atoms with Crippen molar-refractivity contribution < 1.29 is 22.3 Å². The Morgan fingerprint density at radius 1 is 0.868 bits per heavy atom. The Morgan fingerprint density at radius 2 is 1.61 bits per heavy atom. The summed E-state index contributed by atoms with van der Waals surface area (Å²) in [4.78, 5) is 12.1. The third kappa shape index (κ3) is 6.66. The molecule has 0 heterocycles. The van der Waals surface area contributed by atoms with Gasteiger partial charge >= 0.3 is 0 Å². The van der Waals surface area contributed by atoms with Crippen LogP contribution in [0.25, 0.3) is 11.1 Å². The van der Waals surface area contributed by atoms with E-state index in [1.165, 1.54) is 19.2 Å². The maximum Gasteiger partial charge on any atom is 0.255 e. The molecule has 5 nitrogen and oxygen atoms in total. The zero-order chi connectivity index (χ0) is 27.1. The van der Waals surface area contributed by atoms with Crippen molar-refractivity contribution in [3.63, 3.8) is 0 Å². The first-order chi connectivity index (χ1) is 18.3. The van der Waals surface area contributed by atoms with Crippen LogP contribution < -0.4 is 10.1 Å². The summed E-state index contributed by atoms with van der Waals surface area (Å²) in [6.45, 7) is 2.41. The molecule has 4 aromatic rings. The lowest BCUT2D eigenvalue weighted by atomic mass is 10.0. The minimum atomic E-state index is -3.92. The van der Waals surface area contributed by atoms with Gasteiger partial charge in [0.2, 0.25) is 0 Å². The summed E-state index contributed by atoms with van der Waals surface area (Å²) in [5.74, 6) is -0.764. The van der Waals surface area contributed by atoms with Gasteiger partial charge in [0.1, 0.15) is 16.5 Å². The normalized spacial score (nSPS) is 11.2. The van der Waals surface area contributed by atoms with Crippen LogP contribution in [0, 0.1) is 12.7 Å². The molecule has 196 valence electrons. The fraction of sp³-hybridized carbons (Fsp3) is 0.194. The van der Waals surface area contributed by atoms with E-state index in [2.05, 4.69) is 5.32 Å². The second kappa shape index (κ2) is 12.0. The van der Waals surface area contributed by atoms with E-state index in [1.54, 1.807) is 42.5 Å². The number of amides is 1. The molecule has 0 aliphatic carbocycles. The highest BCUT2D eigenvalue weighted by atomic mass is 32.2. The van der Waals surface area contributed by atoms with Crippen LogP contribution in [0.4, 0.5) is 4.39 Å². The molecule has 0 unspecified atom stereocenters. The molecule has 0 radical (unpaired) electrons. The minimum Gasteiger partial charge on any atom is -0.496 e. The van der Waals surface area contributed by atoms with Crippen LogP contribution in [0.5, 0.6) is 5.75 Å². The Labute approximate surface area is 223 Å². The molecule has 0 bridgehead atoms. The molecule has 0 aliphatic rings. The molecular weight excluding hydrogens is 501 g/mol. The summed E-state index contributed by atoms with van der Waals surface area (Å²) >= 11 is 0. The quantitative estimate of drug-likeness (QED) is 0.249. The summed E-state index contributed by atoms with van der Waals surface area (Å²) in [6, 6.07) is 26.1. The van der Waals surface area contributed by atoms with E-state index < -0.39 is 15.7 Å². The molecule has 1 N–H and O–H groups in total. The third-order valence-electron chi connectivity index (χ3n) is 6.25. The molecule has 0 aliphatic heterocycles. The lowest BCUT2D eigenvalue weighted by Crippen LogP contribution is -2.25. The Balaban J connectivity index is 1.40. The molecule has 0 fully saturated rings. The molecule has 0 saturated heterocycles. The number of para-hydroxylation sites is 1. The number of ether oxygens (including phenoxy) is 1. The number of aryl methyl sites for hydroxylation is 2. The minimum absolute atomic E-state index is 0.211. The van der Waals surface area contributed by atoms with Gasteiger partial charge < -0.3 is 10.1 Å². The van der Waals surface area contributed by atoms with Crippen LogP contribution in [0.1, 0.15) is 33.5 Å². The number of sulfone groups is 1. The molecule has 7 heteroatoms. The van der Waals surface area contributed by atoms with Gasteiger partial charge in [-0.15, -0.1) is 0 Å². The summed E-state index contributed by atoms with van der Waals surface area (Å²) in [5, 5.41) is 2.89. The van der Waals surface area contributed by atoms with Gasteiger partial charge in [-0.2, -0.15) is 0 Å². The van der Waals surface area contributed by atoms with Crippen LogP contribution in [0.3, 0.4) is 0 Å². The van der Waals surface area contributed by atoms with Crippen molar-refractivity contribution >= 4 is 15.7 Å². The van der Waals surface area contributed by atoms with Gasteiger partial charge in [-0.3, -0.25) is 4.79 Å². The van der Waals surface area contributed by atoms with E-state index >= 15 is 0 Å². The molecule has 0 aromatic heterocycles. The van der Waals surface area contributed by atoms with Crippen LogP contribution in [0.2, 0.25) is 0 Å². The van der Waals surface area contributed by atoms with Gasteiger partial charge in [0.05, 0.1) is 18.4 Å². The highest BCUT2D eigenvalue weighted by Gasteiger charge is 2.21. The van der Waals surface area contributed by atoms with Gasteiger partial charge in [0.15, 0.2) is 9.84 Å². The molecule has 4 aromatic carbocycles. The molecule has 0 atom stereocenters. The van der Waals surface area contributed by atoms with Crippen molar-refractivity contribution in [2.75, 3.05) is 13.7 Å². The monoisotopic (exact) mass is 531 g/mol. The number of benzene rings is 4. The number of hydrogen-bond donors (Lipinski definition) is 1. The molecule has 0 saturated carbocycles. The average Bonchev–Trinajstić information content (AvgIpc) is 2.91. The zero-order valence-corrected chi connectivity index (χ0v) is 22.2. The van der Waals surface area contributed by atoms with E-state index in [4.69, 9.17) is 4.74 Å². The standard InChI is InChI=1S/C31H30FNO4S/c1-22-8-5-12-25(18-22)26-15-16-28(32)30(20-26)38(35,36)21-24-10-6-9-23(19-24)11-7-17-33-31(34)27-13-3-4-14-29(27)37-2/h3-6,8-10,12-16,18-20H,7,11,17,21H2,1-2H3,(H,33,34). The number of hydrogen-bond acceptors (Lipinski definition) is 4. The highest BCUT2D eigenvalue weighted by molar-refractivity contribution is 7.90. The van der Waals surface area contributed by atoms with Crippen molar-refractivity contribution in [2.45, 2.75) is 30.4 Å². The van der Waals surface area contributed by atoms with Gasteiger partial charge in [0, 0.05) is 6.54 Å². The predicted octanol–water partition coefficient (Wildman–Crippen LogP) is 6.15. The molecular formula is C31H30FNO4S. The van der Waals surface area contributed by atoms with E-state index in [0.29, 0.717) is 41.8 Å². The van der Waals surface area contributed by atoms with E-state index in [0.717, 1.165) is 16.7 Å². The predicted molar refractivity (Wildman–Crippen MR) is 148 cm³/mol. The Hall–Kier alpha value is -3.97. The number of carbonyl (C=O) groups excluding carboxylic acids is 1. The topological polar surface area (TPSA) is 72.5 Å².